The number of imide groups is 1. The molecule has 6 atom stereocenters. The summed E-state index contributed by atoms with van der Waals surface area (Å²) in [7, 11) is 0. The van der Waals surface area contributed by atoms with E-state index in [4.69, 9.17) is 20.4 Å². The second kappa shape index (κ2) is 13.3. The molecule has 7 N–H and O–H groups in total. The molecule has 4 fully saturated rings. The number of hydrogen-bond donors (Lipinski definition) is 7. The molecule has 0 aliphatic carbocycles. The summed E-state index contributed by atoms with van der Waals surface area (Å²) in [6, 6.07) is -0.923. The maximum atomic E-state index is 11.5. The number of hydrogen-bond acceptors (Lipinski definition) is 8. The Labute approximate surface area is 226 Å². The molecular formula is C22H32N4O10S2. The molecule has 38 heavy (non-hydrogen) atoms. The molecule has 0 saturated carbocycles. The minimum absolute atomic E-state index is 0.0746. The molecule has 4 saturated heterocycles. The number of amides is 5. The zero-order valence-corrected chi connectivity index (χ0v) is 22.0. The van der Waals surface area contributed by atoms with Gasteiger partial charge in [-0.2, -0.15) is 23.5 Å². The van der Waals surface area contributed by atoms with Crippen molar-refractivity contribution in [3.8, 4) is 0 Å². The van der Waals surface area contributed by atoms with Crippen LogP contribution >= 0.6 is 23.5 Å². The van der Waals surface area contributed by atoms with Crippen molar-refractivity contribution in [3.05, 3.63) is 0 Å². The predicted molar refractivity (Wildman–Crippen MR) is 136 cm³/mol. The van der Waals surface area contributed by atoms with E-state index in [0.717, 1.165) is 23.5 Å². The van der Waals surface area contributed by atoms with Crippen molar-refractivity contribution in [1.29, 1.82) is 0 Å². The lowest BCUT2D eigenvalue weighted by Crippen LogP contribution is -2.40. The highest BCUT2D eigenvalue weighted by Gasteiger charge is 2.50. The molecule has 4 rings (SSSR count). The van der Waals surface area contributed by atoms with E-state index in [1.807, 2.05) is 0 Å². The van der Waals surface area contributed by atoms with Crippen molar-refractivity contribution >= 4 is 59.6 Å². The Morgan fingerprint density at radius 3 is 2.11 bits per heavy atom. The molecule has 0 spiro atoms. The molecule has 0 aromatic rings. The molecule has 212 valence electrons. The molecule has 1 unspecified atom stereocenters. The van der Waals surface area contributed by atoms with Crippen LogP contribution in [0.1, 0.15) is 44.9 Å². The lowest BCUT2D eigenvalue weighted by atomic mass is 9.98. The van der Waals surface area contributed by atoms with E-state index >= 15 is 0 Å². The third-order valence-electron chi connectivity index (χ3n) is 6.99. The summed E-state index contributed by atoms with van der Waals surface area (Å²) in [5.74, 6) is -3.27. The van der Waals surface area contributed by atoms with Crippen LogP contribution in [0.4, 0.5) is 14.4 Å². The largest absolute Gasteiger partial charge is 0.481 e. The van der Waals surface area contributed by atoms with E-state index in [1.54, 1.807) is 23.5 Å². The maximum Gasteiger partial charge on any atom is 0.415 e. The highest BCUT2D eigenvalue weighted by atomic mass is 32.2. The standard InChI is InChI=1S/2C11H16N2O5S/c14-9(15)5(10(16)17)2-1-3-7-8-6(4-19-7)12-11(18)13-8;14-8(15)4-2-1-3-7-9-6(5-19-7)13(11(17)18)10(16)12-9/h5-8H,1-4H2,(H,14,15)(H,16,17)(H2,12,13,18);6-7,9H,1-5H2,(H,12,16)(H,14,15)(H,17,18)/t6-,7-,8-;6-,7?,9-/m00/s1. The zero-order valence-electron chi connectivity index (χ0n) is 20.4. The van der Waals surface area contributed by atoms with Gasteiger partial charge in [-0.1, -0.05) is 12.8 Å². The summed E-state index contributed by atoms with van der Waals surface area (Å²) in [6.07, 6.45) is 2.49. The number of unbranched alkanes of at least 4 members (excludes halogenated alkanes) is 1. The number of urea groups is 2. The minimum Gasteiger partial charge on any atom is -0.481 e. The normalized spacial score (nSPS) is 29.0. The fraction of sp³-hybridized carbons (Fsp3) is 0.727. The summed E-state index contributed by atoms with van der Waals surface area (Å²) in [5, 5.41) is 43.9. The summed E-state index contributed by atoms with van der Waals surface area (Å²) in [6.45, 7) is 0. The number of fused-ring (bicyclic) bond motifs is 2. The van der Waals surface area contributed by atoms with Gasteiger partial charge in [0.25, 0.3) is 0 Å². The van der Waals surface area contributed by atoms with Crippen molar-refractivity contribution in [3.63, 3.8) is 0 Å². The van der Waals surface area contributed by atoms with Gasteiger partial charge >= 0.3 is 36.1 Å². The highest BCUT2D eigenvalue weighted by Crippen LogP contribution is 2.37. The molecule has 0 bridgehead atoms. The minimum atomic E-state index is -1.33. The van der Waals surface area contributed by atoms with Gasteiger partial charge in [0.05, 0.1) is 24.2 Å². The van der Waals surface area contributed by atoms with Gasteiger partial charge in [0.15, 0.2) is 5.92 Å². The van der Waals surface area contributed by atoms with Crippen LogP contribution in [0.15, 0.2) is 0 Å². The smallest absolute Gasteiger partial charge is 0.415 e. The SMILES string of the molecule is O=C(O)CCCCC1SC[C@H]2[C@@H]1NC(=O)N2C(=O)O.O=C1N[C@H]2[C@H](CS[C@H]2CCCC(C(=O)O)C(=O)O)N1. The molecule has 5 amide bonds. The molecule has 0 radical (unpaired) electrons. The number of nitrogens with one attached hydrogen (secondary N) is 3. The Balaban J connectivity index is 0.000000211. The van der Waals surface area contributed by atoms with Gasteiger partial charge in [-0.05, 0) is 25.7 Å². The first-order valence-corrected chi connectivity index (χ1v) is 14.4. The fourth-order valence-corrected chi connectivity index (χ4v) is 8.23. The van der Waals surface area contributed by atoms with Gasteiger partial charge in [-0.25, -0.2) is 19.3 Å². The first-order valence-electron chi connectivity index (χ1n) is 12.3. The molecule has 4 aliphatic rings. The number of thioether (sulfide) groups is 2. The topological polar surface area (TPSA) is 223 Å². The maximum absolute atomic E-state index is 11.5. The molecule has 0 aromatic heterocycles. The van der Waals surface area contributed by atoms with Crippen molar-refractivity contribution < 1.29 is 49.2 Å². The van der Waals surface area contributed by atoms with E-state index in [1.165, 1.54) is 0 Å². The van der Waals surface area contributed by atoms with Crippen LogP contribution in [0.5, 0.6) is 0 Å². The van der Waals surface area contributed by atoms with E-state index in [2.05, 4.69) is 16.0 Å². The number of carbonyl (C=O) groups is 6. The second-order valence-electron chi connectivity index (χ2n) is 9.49. The Kier molecular flexibility index (Phi) is 10.4. The van der Waals surface area contributed by atoms with E-state index < -0.39 is 36.0 Å². The number of carboxylic acids is 3. The summed E-state index contributed by atoms with van der Waals surface area (Å²) in [4.78, 5) is 66.5. The number of carboxylic acid groups (broad SMARTS) is 4. The Bertz CT molecular complexity index is 939. The summed E-state index contributed by atoms with van der Waals surface area (Å²) in [5.41, 5.74) is 0. The molecule has 16 heteroatoms. The third kappa shape index (κ3) is 7.36. The van der Waals surface area contributed by atoms with E-state index in [0.29, 0.717) is 25.0 Å². The van der Waals surface area contributed by atoms with Gasteiger partial charge in [-0.15, -0.1) is 0 Å². The summed E-state index contributed by atoms with van der Waals surface area (Å²) < 4.78 is 0. The Morgan fingerprint density at radius 2 is 1.47 bits per heavy atom. The number of nitrogens with zero attached hydrogens (tertiary/aromatic N) is 1. The summed E-state index contributed by atoms with van der Waals surface area (Å²) >= 11 is 3.38. The second-order valence-corrected chi connectivity index (χ2v) is 12.0. The Morgan fingerprint density at radius 1 is 0.842 bits per heavy atom. The first-order chi connectivity index (χ1) is 18.0. The quantitative estimate of drug-likeness (QED) is 0.105. The van der Waals surface area contributed by atoms with Crippen LogP contribution in [0.2, 0.25) is 0 Å². The van der Waals surface area contributed by atoms with Crippen LogP contribution in [-0.2, 0) is 14.4 Å². The van der Waals surface area contributed by atoms with Crippen LogP contribution in [0, 0.1) is 5.92 Å². The Hall–Kier alpha value is -2.88. The lowest BCUT2D eigenvalue weighted by Gasteiger charge is -2.17. The fourth-order valence-electron chi connectivity index (χ4n) is 5.10. The van der Waals surface area contributed by atoms with Crippen molar-refractivity contribution in [2.45, 2.75) is 79.6 Å². The average molecular weight is 577 g/mol. The van der Waals surface area contributed by atoms with E-state index in [-0.39, 0.29) is 53.5 Å². The molecular weight excluding hydrogens is 544 g/mol. The monoisotopic (exact) mass is 576 g/mol. The van der Waals surface area contributed by atoms with Gasteiger partial charge < -0.3 is 36.4 Å². The molecule has 0 aromatic carbocycles. The molecule has 4 heterocycles. The van der Waals surface area contributed by atoms with Gasteiger partial charge in [-0.3, -0.25) is 14.4 Å². The number of aliphatic carboxylic acids is 3. The first kappa shape index (κ1) is 29.7. The predicted octanol–water partition coefficient (Wildman–Crippen LogP) is 1.29. The van der Waals surface area contributed by atoms with Gasteiger partial charge in [0, 0.05) is 28.4 Å². The van der Waals surface area contributed by atoms with Crippen LogP contribution < -0.4 is 16.0 Å². The van der Waals surface area contributed by atoms with Crippen LogP contribution in [0.3, 0.4) is 0 Å². The van der Waals surface area contributed by atoms with Crippen LogP contribution in [0.25, 0.3) is 0 Å². The molecule has 4 aliphatic heterocycles. The van der Waals surface area contributed by atoms with Crippen molar-refractivity contribution in [2.75, 3.05) is 11.5 Å². The van der Waals surface area contributed by atoms with Gasteiger partial charge in [0.1, 0.15) is 0 Å². The highest BCUT2D eigenvalue weighted by molar-refractivity contribution is 8.00. The van der Waals surface area contributed by atoms with Crippen molar-refractivity contribution in [2.24, 2.45) is 5.92 Å². The van der Waals surface area contributed by atoms with E-state index in [9.17, 15) is 28.8 Å². The lowest BCUT2D eigenvalue weighted by molar-refractivity contribution is -0.154. The zero-order chi connectivity index (χ0) is 28.0. The van der Waals surface area contributed by atoms with Crippen LogP contribution in [-0.4, -0.2) is 108 Å². The number of rotatable bonds is 11. The average Bonchev–Trinajstić information content (AvgIpc) is 3.55. The third-order valence-corrected chi connectivity index (χ3v) is 9.99. The number of carbonyl (C=O) groups excluding carboxylic acids is 2. The van der Waals surface area contributed by atoms with Crippen molar-refractivity contribution in [1.82, 2.24) is 20.9 Å². The molecule has 14 nitrogen and oxygen atoms in total. The van der Waals surface area contributed by atoms with Gasteiger partial charge in [0.2, 0.25) is 0 Å².